The van der Waals surface area contributed by atoms with Gasteiger partial charge in [0.1, 0.15) is 9.84 Å². The van der Waals surface area contributed by atoms with Crippen molar-refractivity contribution in [3.8, 4) is 0 Å². The van der Waals surface area contributed by atoms with Crippen molar-refractivity contribution in [2.75, 3.05) is 38.8 Å². The number of hydrogen-bond acceptors (Lipinski definition) is 4. The van der Waals surface area contributed by atoms with Crippen molar-refractivity contribution in [1.29, 1.82) is 0 Å². The van der Waals surface area contributed by atoms with Crippen molar-refractivity contribution in [2.45, 2.75) is 33.3 Å². The number of nitrogens with one attached hydrogen (secondary N) is 2. The average molecular weight is 307 g/mol. The minimum absolute atomic E-state index is 0.0985. The average Bonchev–Trinajstić information content (AvgIpc) is 2.34. The highest BCUT2D eigenvalue weighted by Crippen LogP contribution is 2.09. The van der Waals surface area contributed by atoms with Crippen LogP contribution in [0.15, 0.2) is 4.99 Å². The lowest BCUT2D eigenvalue weighted by molar-refractivity contribution is 0.0258. The van der Waals surface area contributed by atoms with E-state index in [9.17, 15) is 8.42 Å². The van der Waals surface area contributed by atoms with Crippen LogP contribution in [0.25, 0.3) is 0 Å². The van der Waals surface area contributed by atoms with E-state index >= 15 is 0 Å². The highest BCUT2D eigenvalue weighted by molar-refractivity contribution is 7.90. The predicted molar refractivity (Wildman–Crippen MR) is 83.9 cm³/mol. The van der Waals surface area contributed by atoms with Gasteiger partial charge in [0.2, 0.25) is 0 Å². The molecular formula is C13H29N3O3S. The van der Waals surface area contributed by atoms with E-state index in [0.29, 0.717) is 25.0 Å². The highest BCUT2D eigenvalue weighted by Gasteiger charge is 2.13. The SMILES string of the molecule is CCOC(CCNC(=NC)NCCS(C)(=O)=O)C(C)C. The second-order valence-electron chi connectivity index (χ2n) is 5.08. The Bertz CT molecular complexity index is 380. The summed E-state index contributed by atoms with van der Waals surface area (Å²) in [6.45, 7) is 8.08. The maximum Gasteiger partial charge on any atom is 0.191 e. The van der Waals surface area contributed by atoms with Gasteiger partial charge in [0.25, 0.3) is 0 Å². The smallest absolute Gasteiger partial charge is 0.191 e. The maximum absolute atomic E-state index is 11.0. The molecule has 20 heavy (non-hydrogen) atoms. The van der Waals surface area contributed by atoms with E-state index in [1.165, 1.54) is 6.26 Å². The molecular weight excluding hydrogens is 278 g/mol. The first-order valence-corrected chi connectivity index (χ1v) is 9.10. The molecule has 0 heterocycles. The summed E-state index contributed by atoms with van der Waals surface area (Å²) in [6, 6.07) is 0. The van der Waals surface area contributed by atoms with Crippen molar-refractivity contribution in [1.82, 2.24) is 10.6 Å². The maximum atomic E-state index is 11.0. The molecule has 2 N–H and O–H groups in total. The topological polar surface area (TPSA) is 79.8 Å². The zero-order chi connectivity index (χ0) is 15.6. The molecule has 0 saturated heterocycles. The van der Waals surface area contributed by atoms with Crippen LogP contribution < -0.4 is 10.6 Å². The molecule has 6 nitrogen and oxygen atoms in total. The van der Waals surface area contributed by atoms with E-state index in [4.69, 9.17) is 4.74 Å². The van der Waals surface area contributed by atoms with Gasteiger partial charge in [0.05, 0.1) is 11.9 Å². The summed E-state index contributed by atoms with van der Waals surface area (Å²) in [5.74, 6) is 1.19. The van der Waals surface area contributed by atoms with Gasteiger partial charge in [-0.15, -0.1) is 0 Å². The highest BCUT2D eigenvalue weighted by atomic mass is 32.2. The number of rotatable bonds is 9. The molecule has 0 fully saturated rings. The Morgan fingerprint density at radius 1 is 1.25 bits per heavy atom. The van der Waals surface area contributed by atoms with Gasteiger partial charge in [0.15, 0.2) is 5.96 Å². The Labute approximate surface area is 123 Å². The molecule has 0 amide bonds. The number of aliphatic imine (C=N–C) groups is 1. The van der Waals surface area contributed by atoms with Crippen molar-refractivity contribution in [3.63, 3.8) is 0 Å². The first-order chi connectivity index (χ1) is 9.30. The van der Waals surface area contributed by atoms with Crippen molar-refractivity contribution in [3.05, 3.63) is 0 Å². The first kappa shape index (κ1) is 19.2. The Morgan fingerprint density at radius 3 is 2.30 bits per heavy atom. The van der Waals surface area contributed by atoms with E-state index in [2.05, 4.69) is 29.5 Å². The van der Waals surface area contributed by atoms with Crippen LogP contribution in [0.1, 0.15) is 27.2 Å². The van der Waals surface area contributed by atoms with Gasteiger partial charge in [-0.2, -0.15) is 0 Å². The molecule has 0 aliphatic carbocycles. The quantitative estimate of drug-likeness (QED) is 0.483. The number of nitrogens with zero attached hydrogens (tertiary/aromatic N) is 1. The normalized spacial score (nSPS) is 14.4. The van der Waals surface area contributed by atoms with Gasteiger partial charge in [-0.05, 0) is 19.3 Å². The monoisotopic (exact) mass is 307 g/mol. The molecule has 0 aromatic heterocycles. The Balaban J connectivity index is 4.01. The summed E-state index contributed by atoms with van der Waals surface area (Å²) in [5.41, 5.74) is 0. The molecule has 120 valence electrons. The molecule has 1 unspecified atom stereocenters. The van der Waals surface area contributed by atoms with Gasteiger partial charge in [-0.25, -0.2) is 8.42 Å². The molecule has 0 aromatic carbocycles. The van der Waals surface area contributed by atoms with Crippen molar-refractivity contribution < 1.29 is 13.2 Å². The minimum Gasteiger partial charge on any atom is -0.378 e. The lowest BCUT2D eigenvalue weighted by Crippen LogP contribution is -2.41. The van der Waals surface area contributed by atoms with E-state index in [-0.39, 0.29) is 11.9 Å². The fraction of sp³-hybridized carbons (Fsp3) is 0.923. The Morgan fingerprint density at radius 2 is 1.85 bits per heavy atom. The Kier molecular flexibility index (Phi) is 9.58. The van der Waals surface area contributed by atoms with Crippen LogP contribution in [0.4, 0.5) is 0 Å². The molecule has 0 spiro atoms. The lowest BCUT2D eigenvalue weighted by Gasteiger charge is -2.21. The number of ether oxygens (including phenoxy) is 1. The van der Waals surface area contributed by atoms with E-state index in [1.54, 1.807) is 7.05 Å². The van der Waals surface area contributed by atoms with Crippen LogP contribution in [0.2, 0.25) is 0 Å². The summed E-state index contributed by atoms with van der Waals surface area (Å²) >= 11 is 0. The summed E-state index contributed by atoms with van der Waals surface area (Å²) in [4.78, 5) is 4.05. The van der Waals surface area contributed by atoms with Crippen LogP contribution in [-0.4, -0.2) is 59.2 Å². The second-order valence-corrected chi connectivity index (χ2v) is 7.34. The third-order valence-corrected chi connectivity index (χ3v) is 3.78. The molecule has 1 atom stereocenters. The molecule has 0 radical (unpaired) electrons. The predicted octanol–water partition coefficient (Wildman–Crippen LogP) is 0.647. The van der Waals surface area contributed by atoms with E-state index in [1.807, 2.05) is 6.92 Å². The molecule has 0 aliphatic rings. The number of guanidine groups is 1. The van der Waals surface area contributed by atoms with Gasteiger partial charge < -0.3 is 15.4 Å². The van der Waals surface area contributed by atoms with E-state index in [0.717, 1.165) is 13.0 Å². The molecule has 7 heteroatoms. The number of sulfone groups is 1. The van der Waals surface area contributed by atoms with Crippen LogP contribution in [-0.2, 0) is 14.6 Å². The molecule has 0 rings (SSSR count). The molecule has 0 saturated carbocycles. The first-order valence-electron chi connectivity index (χ1n) is 7.04. The standard InChI is InChI=1S/C13H29N3O3S/c1-6-19-12(11(2)3)7-8-15-13(14-4)16-9-10-20(5,17)18/h11-12H,6-10H2,1-5H3,(H2,14,15,16). The van der Waals surface area contributed by atoms with Gasteiger partial charge in [-0.1, -0.05) is 13.8 Å². The fourth-order valence-corrected chi connectivity index (χ4v) is 2.20. The molecule has 0 aromatic rings. The van der Waals surface area contributed by atoms with Gasteiger partial charge in [-0.3, -0.25) is 4.99 Å². The third-order valence-electron chi connectivity index (χ3n) is 2.83. The third kappa shape index (κ3) is 10.0. The van der Waals surface area contributed by atoms with Crippen LogP contribution in [0.3, 0.4) is 0 Å². The van der Waals surface area contributed by atoms with Gasteiger partial charge in [0, 0.05) is 33.0 Å². The summed E-state index contributed by atoms with van der Waals surface area (Å²) in [7, 11) is -1.28. The van der Waals surface area contributed by atoms with Crippen molar-refractivity contribution in [2.24, 2.45) is 10.9 Å². The van der Waals surface area contributed by atoms with Crippen LogP contribution in [0, 0.1) is 5.92 Å². The minimum atomic E-state index is -2.95. The second kappa shape index (κ2) is 9.99. The van der Waals surface area contributed by atoms with Crippen LogP contribution >= 0.6 is 0 Å². The van der Waals surface area contributed by atoms with E-state index < -0.39 is 9.84 Å². The van der Waals surface area contributed by atoms with Crippen LogP contribution in [0.5, 0.6) is 0 Å². The van der Waals surface area contributed by atoms with Gasteiger partial charge >= 0.3 is 0 Å². The van der Waals surface area contributed by atoms with Crippen molar-refractivity contribution >= 4 is 15.8 Å². The summed E-state index contributed by atoms with van der Waals surface area (Å²) < 4.78 is 27.7. The molecule has 0 bridgehead atoms. The summed E-state index contributed by atoms with van der Waals surface area (Å²) in [6.07, 6.45) is 2.33. The zero-order valence-electron chi connectivity index (χ0n) is 13.3. The zero-order valence-corrected chi connectivity index (χ0v) is 14.1. The lowest BCUT2D eigenvalue weighted by atomic mass is 10.0. The largest absolute Gasteiger partial charge is 0.378 e. The summed E-state index contributed by atoms with van der Waals surface area (Å²) in [5, 5.41) is 6.14. The molecule has 0 aliphatic heterocycles. The Hall–Kier alpha value is -0.820. The number of hydrogen-bond donors (Lipinski definition) is 2. The fourth-order valence-electron chi connectivity index (χ4n) is 1.73.